The molecule has 5 heterocycles. The number of nitrogens with zero attached hydrogens (tertiary/aromatic N) is 5. The molecule has 138 valence electrons. The second kappa shape index (κ2) is 6.96. The molecular formula is C18H22ClN5OS. The molecule has 0 aromatic carbocycles. The van der Waals surface area contributed by atoms with E-state index in [9.17, 15) is 0 Å². The predicted octanol–water partition coefficient (Wildman–Crippen LogP) is 2.58. The summed E-state index contributed by atoms with van der Waals surface area (Å²) in [6.07, 6.45) is 5.72. The molecule has 6 nitrogen and oxygen atoms in total. The highest BCUT2D eigenvalue weighted by Crippen LogP contribution is 2.34. The predicted molar refractivity (Wildman–Crippen MR) is 105 cm³/mol. The van der Waals surface area contributed by atoms with Crippen LogP contribution in [-0.4, -0.2) is 71.7 Å². The normalized spacial score (nSPS) is 23.8. The largest absolute Gasteiger partial charge is 0.378 e. The van der Waals surface area contributed by atoms with Crippen molar-refractivity contribution in [1.82, 2.24) is 19.8 Å². The van der Waals surface area contributed by atoms with E-state index in [0.717, 1.165) is 68.5 Å². The average Bonchev–Trinajstić information content (AvgIpc) is 3.27. The highest BCUT2D eigenvalue weighted by Gasteiger charge is 2.27. The number of anilines is 1. The molecule has 0 N–H and O–H groups in total. The third-order valence-electron chi connectivity index (χ3n) is 5.38. The van der Waals surface area contributed by atoms with Crippen molar-refractivity contribution in [3.8, 4) is 0 Å². The topological polar surface area (TPSA) is 44.7 Å². The lowest BCUT2D eigenvalue weighted by Crippen LogP contribution is -2.48. The van der Waals surface area contributed by atoms with Gasteiger partial charge in [-0.05, 0) is 30.3 Å². The summed E-state index contributed by atoms with van der Waals surface area (Å²) in [5.41, 5.74) is 0.965. The van der Waals surface area contributed by atoms with E-state index in [0.29, 0.717) is 11.3 Å². The van der Waals surface area contributed by atoms with Crippen LogP contribution >= 0.6 is 22.9 Å². The molecule has 3 aliphatic heterocycles. The lowest BCUT2D eigenvalue weighted by Gasteiger charge is -2.38. The van der Waals surface area contributed by atoms with Crippen LogP contribution in [-0.2, 0) is 11.3 Å². The Morgan fingerprint density at radius 3 is 2.96 bits per heavy atom. The number of rotatable bonds is 3. The fourth-order valence-electron chi connectivity index (χ4n) is 4.06. The zero-order valence-corrected chi connectivity index (χ0v) is 16.2. The number of thiophene rings is 1. The Hall–Kier alpha value is -1.41. The minimum absolute atomic E-state index is 0.328. The van der Waals surface area contributed by atoms with E-state index >= 15 is 0 Å². The SMILES string of the molecule is Clc1nc(N2CCOCC2)c2sc(CN3CCN4C=CC[C@@H]4C3)cc2n1. The molecule has 1 atom stereocenters. The van der Waals surface area contributed by atoms with Crippen molar-refractivity contribution < 1.29 is 4.74 Å². The van der Waals surface area contributed by atoms with Gasteiger partial charge in [0, 0.05) is 50.2 Å². The molecule has 0 saturated carbocycles. The first-order chi connectivity index (χ1) is 12.8. The second-order valence-corrected chi connectivity index (χ2v) is 8.56. The molecule has 3 aliphatic rings. The highest BCUT2D eigenvalue weighted by atomic mass is 35.5. The molecule has 2 fully saturated rings. The van der Waals surface area contributed by atoms with Crippen LogP contribution in [0.4, 0.5) is 5.82 Å². The van der Waals surface area contributed by atoms with Crippen LogP contribution < -0.4 is 4.90 Å². The van der Waals surface area contributed by atoms with Gasteiger partial charge in [-0.2, -0.15) is 4.98 Å². The summed E-state index contributed by atoms with van der Waals surface area (Å²) >= 11 is 8.01. The molecule has 0 spiro atoms. The Bertz CT molecular complexity index is 834. The Kier molecular flexibility index (Phi) is 4.48. The zero-order chi connectivity index (χ0) is 17.5. The summed E-state index contributed by atoms with van der Waals surface area (Å²) in [5.74, 6) is 0.962. The summed E-state index contributed by atoms with van der Waals surface area (Å²) in [6, 6.07) is 2.84. The first kappa shape index (κ1) is 16.7. The van der Waals surface area contributed by atoms with Gasteiger partial charge >= 0.3 is 0 Å². The maximum atomic E-state index is 6.21. The number of ether oxygens (including phenoxy) is 1. The van der Waals surface area contributed by atoms with E-state index in [2.05, 4.69) is 43.0 Å². The average molecular weight is 392 g/mol. The molecule has 0 amide bonds. The molecule has 2 aromatic heterocycles. The highest BCUT2D eigenvalue weighted by molar-refractivity contribution is 7.19. The molecule has 5 rings (SSSR count). The lowest BCUT2D eigenvalue weighted by molar-refractivity contribution is 0.118. The Morgan fingerprint density at radius 2 is 2.08 bits per heavy atom. The van der Waals surface area contributed by atoms with Crippen molar-refractivity contribution in [3.05, 3.63) is 28.5 Å². The van der Waals surface area contributed by atoms with Crippen molar-refractivity contribution in [3.63, 3.8) is 0 Å². The van der Waals surface area contributed by atoms with Crippen LogP contribution in [0, 0.1) is 0 Å². The van der Waals surface area contributed by atoms with Gasteiger partial charge in [-0.3, -0.25) is 4.90 Å². The van der Waals surface area contributed by atoms with Gasteiger partial charge in [-0.1, -0.05) is 6.08 Å². The Balaban J connectivity index is 1.39. The van der Waals surface area contributed by atoms with Crippen LogP contribution in [0.5, 0.6) is 0 Å². The standard InChI is InChI=1S/C18H22ClN5OS/c19-18-20-15-10-14(12-22-4-5-23-3-1-2-13(23)11-22)26-16(15)17(21-18)24-6-8-25-9-7-24/h1,3,10,13H,2,4-9,11-12H2/t13-/m1/s1. The molecule has 0 radical (unpaired) electrons. The number of hydrogen-bond donors (Lipinski definition) is 0. The molecule has 26 heavy (non-hydrogen) atoms. The maximum Gasteiger partial charge on any atom is 0.224 e. The van der Waals surface area contributed by atoms with E-state index in [1.807, 2.05) is 11.3 Å². The Labute approximate surface area is 162 Å². The summed E-state index contributed by atoms with van der Waals surface area (Å²) < 4.78 is 6.62. The fourth-order valence-corrected chi connectivity index (χ4v) is 5.39. The van der Waals surface area contributed by atoms with E-state index in [4.69, 9.17) is 16.3 Å². The van der Waals surface area contributed by atoms with Crippen molar-refractivity contribution in [2.75, 3.05) is 50.8 Å². The van der Waals surface area contributed by atoms with E-state index in [1.165, 1.54) is 11.3 Å². The first-order valence-corrected chi connectivity index (χ1v) is 10.4. The fraction of sp³-hybridized carbons (Fsp3) is 0.556. The molecule has 2 aromatic rings. The molecule has 0 aliphatic carbocycles. The van der Waals surface area contributed by atoms with E-state index < -0.39 is 0 Å². The number of fused-ring (bicyclic) bond motifs is 2. The maximum absolute atomic E-state index is 6.21. The number of hydrogen-bond acceptors (Lipinski definition) is 7. The Morgan fingerprint density at radius 1 is 1.19 bits per heavy atom. The van der Waals surface area contributed by atoms with Gasteiger partial charge in [-0.25, -0.2) is 4.98 Å². The van der Waals surface area contributed by atoms with Crippen LogP contribution in [0.15, 0.2) is 18.3 Å². The van der Waals surface area contributed by atoms with Crippen LogP contribution in [0.25, 0.3) is 10.2 Å². The van der Waals surface area contributed by atoms with Crippen LogP contribution in [0.1, 0.15) is 11.3 Å². The van der Waals surface area contributed by atoms with Gasteiger partial charge in [-0.15, -0.1) is 11.3 Å². The van der Waals surface area contributed by atoms with Gasteiger partial charge in [0.2, 0.25) is 5.28 Å². The number of halogens is 1. The number of morpholine rings is 1. The summed E-state index contributed by atoms with van der Waals surface area (Å²) in [4.78, 5) is 17.6. The van der Waals surface area contributed by atoms with Crippen LogP contribution in [0.3, 0.4) is 0 Å². The number of piperazine rings is 1. The monoisotopic (exact) mass is 391 g/mol. The first-order valence-electron chi connectivity index (χ1n) is 9.20. The smallest absolute Gasteiger partial charge is 0.224 e. The van der Waals surface area contributed by atoms with E-state index in [-0.39, 0.29) is 0 Å². The van der Waals surface area contributed by atoms with Gasteiger partial charge in [0.05, 0.1) is 23.4 Å². The lowest BCUT2D eigenvalue weighted by atomic mass is 10.1. The second-order valence-electron chi connectivity index (χ2n) is 7.09. The summed E-state index contributed by atoms with van der Waals surface area (Å²) in [5, 5.41) is 0.328. The third kappa shape index (κ3) is 3.17. The quantitative estimate of drug-likeness (QED) is 0.749. The molecule has 0 bridgehead atoms. The third-order valence-corrected chi connectivity index (χ3v) is 6.66. The van der Waals surface area contributed by atoms with Crippen molar-refractivity contribution in [2.24, 2.45) is 0 Å². The minimum atomic E-state index is 0.328. The number of aromatic nitrogens is 2. The molecular weight excluding hydrogens is 370 g/mol. The van der Waals surface area contributed by atoms with E-state index in [1.54, 1.807) is 0 Å². The van der Waals surface area contributed by atoms with Crippen molar-refractivity contribution in [1.29, 1.82) is 0 Å². The van der Waals surface area contributed by atoms with Gasteiger partial charge < -0.3 is 14.5 Å². The van der Waals surface area contributed by atoms with Crippen LogP contribution in [0.2, 0.25) is 5.28 Å². The molecule has 2 saturated heterocycles. The van der Waals surface area contributed by atoms with Gasteiger partial charge in [0.15, 0.2) is 5.82 Å². The minimum Gasteiger partial charge on any atom is -0.378 e. The zero-order valence-electron chi connectivity index (χ0n) is 14.6. The van der Waals surface area contributed by atoms with Gasteiger partial charge in [0.1, 0.15) is 0 Å². The molecule has 0 unspecified atom stereocenters. The summed E-state index contributed by atoms with van der Waals surface area (Å²) in [7, 11) is 0. The summed E-state index contributed by atoms with van der Waals surface area (Å²) in [6.45, 7) is 7.52. The molecule has 8 heteroatoms. The van der Waals surface area contributed by atoms with Crippen molar-refractivity contribution >= 4 is 39.0 Å². The van der Waals surface area contributed by atoms with Crippen molar-refractivity contribution in [2.45, 2.75) is 19.0 Å². The van der Waals surface area contributed by atoms with Gasteiger partial charge in [0.25, 0.3) is 0 Å².